The largest absolute Gasteiger partial charge is 0.494 e. The van der Waals surface area contributed by atoms with Gasteiger partial charge < -0.3 is 9.84 Å². The third kappa shape index (κ3) is 4.19. The van der Waals surface area contributed by atoms with Crippen LogP contribution in [-0.4, -0.2) is 44.1 Å². The summed E-state index contributed by atoms with van der Waals surface area (Å²) < 4.78 is 31.4. The summed E-state index contributed by atoms with van der Waals surface area (Å²) in [5.41, 5.74) is 0.789. The molecule has 0 aromatic heterocycles. The molecule has 0 heterocycles. The highest BCUT2D eigenvalue weighted by Gasteiger charge is 2.21. The molecular formula is C14H23NO4S. The van der Waals surface area contributed by atoms with Gasteiger partial charge in [-0.05, 0) is 51.0 Å². The summed E-state index contributed by atoms with van der Waals surface area (Å²) in [6.07, 6.45) is -0.110. The lowest BCUT2D eigenvalue weighted by molar-refractivity contribution is 0.177. The predicted molar refractivity (Wildman–Crippen MR) is 78.5 cm³/mol. The summed E-state index contributed by atoms with van der Waals surface area (Å²) in [5, 5.41) is 9.24. The van der Waals surface area contributed by atoms with Crippen molar-refractivity contribution in [2.45, 2.75) is 38.2 Å². The van der Waals surface area contributed by atoms with E-state index in [1.165, 1.54) is 11.4 Å². The Balaban J connectivity index is 2.95. The zero-order valence-corrected chi connectivity index (χ0v) is 13.3. The summed E-state index contributed by atoms with van der Waals surface area (Å²) in [5.74, 6) is 0.693. The Morgan fingerprint density at radius 3 is 2.55 bits per heavy atom. The van der Waals surface area contributed by atoms with Gasteiger partial charge in [-0.25, -0.2) is 12.7 Å². The van der Waals surface area contributed by atoms with Crippen LogP contribution in [0, 0.1) is 6.92 Å². The highest BCUT2D eigenvalue weighted by atomic mass is 32.2. The Labute approximate surface area is 121 Å². The average Bonchev–Trinajstić information content (AvgIpc) is 2.38. The van der Waals surface area contributed by atoms with Gasteiger partial charge in [0.1, 0.15) is 5.75 Å². The Hall–Kier alpha value is -1.11. The first-order valence-electron chi connectivity index (χ1n) is 6.67. The molecule has 0 saturated carbocycles. The van der Waals surface area contributed by atoms with Crippen molar-refractivity contribution in [3.63, 3.8) is 0 Å². The molecule has 1 N–H and O–H groups in total. The molecule has 0 aliphatic heterocycles. The first kappa shape index (κ1) is 16.9. The number of aliphatic hydroxyl groups is 1. The molecule has 1 aromatic rings. The van der Waals surface area contributed by atoms with Gasteiger partial charge in [-0.3, -0.25) is 0 Å². The van der Waals surface area contributed by atoms with E-state index in [0.29, 0.717) is 18.8 Å². The summed E-state index contributed by atoms with van der Waals surface area (Å²) in [6.45, 7) is 6.17. The lowest BCUT2D eigenvalue weighted by atomic mass is 10.2. The molecule has 0 spiro atoms. The molecule has 1 unspecified atom stereocenters. The molecular weight excluding hydrogens is 278 g/mol. The molecule has 0 saturated heterocycles. The van der Waals surface area contributed by atoms with Crippen LogP contribution in [0.5, 0.6) is 5.75 Å². The molecule has 0 radical (unpaired) electrons. The topological polar surface area (TPSA) is 66.8 Å². The number of aryl methyl sites for hydroxylation is 1. The number of hydrogen-bond donors (Lipinski definition) is 1. The van der Waals surface area contributed by atoms with Gasteiger partial charge in [-0.15, -0.1) is 0 Å². The van der Waals surface area contributed by atoms with Gasteiger partial charge in [0.2, 0.25) is 10.0 Å². The molecule has 5 nitrogen and oxygen atoms in total. The lowest BCUT2D eigenvalue weighted by Crippen LogP contribution is -2.29. The van der Waals surface area contributed by atoms with E-state index < -0.39 is 16.1 Å². The van der Waals surface area contributed by atoms with E-state index in [1.54, 1.807) is 25.1 Å². The van der Waals surface area contributed by atoms with E-state index >= 15 is 0 Å². The van der Waals surface area contributed by atoms with Crippen molar-refractivity contribution in [1.29, 1.82) is 0 Å². The van der Waals surface area contributed by atoms with Gasteiger partial charge in [0.25, 0.3) is 0 Å². The van der Waals surface area contributed by atoms with Crippen LogP contribution in [0.4, 0.5) is 0 Å². The third-order valence-corrected chi connectivity index (χ3v) is 4.87. The summed E-state index contributed by atoms with van der Waals surface area (Å²) >= 11 is 0. The van der Waals surface area contributed by atoms with Crippen LogP contribution in [0.25, 0.3) is 0 Å². The highest BCUT2D eigenvalue weighted by Crippen LogP contribution is 2.23. The lowest BCUT2D eigenvalue weighted by Gasteiger charge is -2.18. The second-order valence-corrected chi connectivity index (χ2v) is 6.87. The minimum atomic E-state index is -3.52. The number of aliphatic hydroxyl groups excluding tert-OH is 1. The number of sulfonamides is 1. The predicted octanol–water partition coefficient (Wildman–Crippen LogP) is 1.79. The smallest absolute Gasteiger partial charge is 0.242 e. The molecule has 1 rings (SSSR count). The van der Waals surface area contributed by atoms with Crippen LogP contribution in [0.2, 0.25) is 0 Å². The fraction of sp³-hybridized carbons (Fsp3) is 0.571. The molecule has 20 heavy (non-hydrogen) atoms. The van der Waals surface area contributed by atoms with Crippen molar-refractivity contribution in [3.05, 3.63) is 23.8 Å². The first-order valence-corrected chi connectivity index (χ1v) is 8.11. The van der Waals surface area contributed by atoms with Crippen molar-refractivity contribution >= 4 is 10.0 Å². The zero-order chi connectivity index (χ0) is 15.3. The number of ether oxygens (including phenoxy) is 1. The monoisotopic (exact) mass is 301 g/mol. The SMILES string of the molecule is CCOc1ccc(S(=O)(=O)N(C)CCC(C)O)cc1C. The van der Waals surface area contributed by atoms with E-state index in [9.17, 15) is 13.5 Å². The number of hydrogen-bond acceptors (Lipinski definition) is 4. The third-order valence-electron chi connectivity index (χ3n) is 3.02. The Kier molecular flexibility index (Phi) is 5.98. The van der Waals surface area contributed by atoms with Gasteiger partial charge in [-0.2, -0.15) is 0 Å². The van der Waals surface area contributed by atoms with Gasteiger partial charge >= 0.3 is 0 Å². The molecule has 0 amide bonds. The van der Waals surface area contributed by atoms with Crippen LogP contribution in [0.15, 0.2) is 23.1 Å². The van der Waals surface area contributed by atoms with Gasteiger partial charge in [-0.1, -0.05) is 0 Å². The molecule has 114 valence electrons. The van der Waals surface area contributed by atoms with Gasteiger partial charge in [0.15, 0.2) is 0 Å². The van der Waals surface area contributed by atoms with E-state index in [1.807, 2.05) is 13.8 Å². The average molecular weight is 301 g/mol. The maximum Gasteiger partial charge on any atom is 0.242 e. The Bertz CT molecular complexity index is 540. The first-order chi connectivity index (χ1) is 9.28. The van der Waals surface area contributed by atoms with Crippen LogP contribution >= 0.6 is 0 Å². The minimum Gasteiger partial charge on any atom is -0.494 e. The van der Waals surface area contributed by atoms with E-state index in [-0.39, 0.29) is 11.4 Å². The van der Waals surface area contributed by atoms with Crippen LogP contribution in [-0.2, 0) is 10.0 Å². The van der Waals surface area contributed by atoms with E-state index in [2.05, 4.69) is 0 Å². The van der Waals surface area contributed by atoms with E-state index in [4.69, 9.17) is 4.74 Å². The van der Waals surface area contributed by atoms with Gasteiger partial charge in [0.05, 0.1) is 17.6 Å². The number of benzene rings is 1. The molecule has 1 aromatic carbocycles. The number of rotatable bonds is 7. The molecule has 6 heteroatoms. The minimum absolute atomic E-state index is 0.242. The maximum absolute atomic E-state index is 12.4. The molecule has 1 atom stereocenters. The Morgan fingerprint density at radius 1 is 1.40 bits per heavy atom. The van der Waals surface area contributed by atoms with E-state index in [0.717, 1.165) is 5.56 Å². The van der Waals surface area contributed by atoms with Crippen molar-refractivity contribution in [2.75, 3.05) is 20.2 Å². The van der Waals surface area contributed by atoms with Crippen molar-refractivity contribution in [3.8, 4) is 5.75 Å². The Morgan fingerprint density at radius 2 is 2.05 bits per heavy atom. The van der Waals surface area contributed by atoms with Gasteiger partial charge in [0, 0.05) is 13.6 Å². The van der Waals surface area contributed by atoms with Crippen molar-refractivity contribution in [1.82, 2.24) is 4.31 Å². The summed E-state index contributed by atoms with van der Waals surface area (Å²) in [4.78, 5) is 0.242. The second kappa shape index (κ2) is 7.06. The van der Waals surface area contributed by atoms with Crippen LogP contribution < -0.4 is 4.74 Å². The normalized spacial score (nSPS) is 13.5. The summed E-state index contributed by atoms with van der Waals surface area (Å²) in [7, 11) is -2.00. The quantitative estimate of drug-likeness (QED) is 0.833. The fourth-order valence-electron chi connectivity index (χ4n) is 1.77. The molecule has 0 aliphatic carbocycles. The standard InChI is InChI=1S/C14H23NO4S/c1-5-19-14-7-6-13(10-11(14)2)20(17,18)15(4)9-8-12(3)16/h6-7,10,12,16H,5,8-9H2,1-4H3. The van der Waals surface area contributed by atoms with Crippen LogP contribution in [0.3, 0.4) is 0 Å². The van der Waals surface area contributed by atoms with Crippen molar-refractivity contribution in [2.24, 2.45) is 0 Å². The second-order valence-electron chi connectivity index (χ2n) is 4.82. The maximum atomic E-state index is 12.4. The molecule has 0 aliphatic rings. The highest BCUT2D eigenvalue weighted by molar-refractivity contribution is 7.89. The molecule has 0 fully saturated rings. The summed E-state index contributed by atoms with van der Waals surface area (Å²) in [6, 6.07) is 4.83. The zero-order valence-electron chi connectivity index (χ0n) is 12.5. The van der Waals surface area contributed by atoms with Crippen molar-refractivity contribution < 1.29 is 18.3 Å². The fourth-order valence-corrected chi connectivity index (χ4v) is 3.04. The number of nitrogens with zero attached hydrogens (tertiary/aromatic N) is 1. The molecule has 0 bridgehead atoms. The van der Waals surface area contributed by atoms with Crippen LogP contribution in [0.1, 0.15) is 25.8 Å².